The molecule has 120 valence electrons. The number of carbonyl (C=O) groups is 1. The number of hydrogen-bond donors (Lipinski definition) is 0. The van der Waals surface area contributed by atoms with Crippen LogP contribution < -0.4 is 0 Å². The van der Waals surface area contributed by atoms with E-state index >= 15 is 0 Å². The predicted octanol–water partition coefficient (Wildman–Crippen LogP) is 3.43. The first kappa shape index (κ1) is 15.3. The number of hydrogen-bond acceptors (Lipinski definition) is 2. The highest BCUT2D eigenvalue weighted by atomic mass is 16.2. The van der Waals surface area contributed by atoms with Crippen molar-refractivity contribution in [1.82, 2.24) is 9.80 Å². The van der Waals surface area contributed by atoms with Crippen molar-refractivity contribution in [3.8, 4) is 0 Å². The van der Waals surface area contributed by atoms with E-state index in [1.54, 1.807) is 0 Å². The molecule has 2 saturated heterocycles. The lowest BCUT2D eigenvalue weighted by Gasteiger charge is -2.44. The molecule has 1 atom stereocenters. The Morgan fingerprint density at radius 2 is 1.81 bits per heavy atom. The lowest BCUT2D eigenvalue weighted by Crippen LogP contribution is -2.58. The van der Waals surface area contributed by atoms with E-state index in [0.717, 1.165) is 32.5 Å². The summed E-state index contributed by atoms with van der Waals surface area (Å²) in [6.07, 6.45) is 11.2. The summed E-state index contributed by atoms with van der Waals surface area (Å²) < 4.78 is 0. The van der Waals surface area contributed by atoms with Crippen molar-refractivity contribution in [3.05, 3.63) is 0 Å². The third-order valence-electron chi connectivity index (χ3n) is 5.90. The van der Waals surface area contributed by atoms with Crippen molar-refractivity contribution < 1.29 is 4.79 Å². The zero-order valence-corrected chi connectivity index (χ0v) is 13.9. The maximum Gasteiger partial charge on any atom is 0.243 e. The van der Waals surface area contributed by atoms with Gasteiger partial charge in [-0.05, 0) is 51.0 Å². The largest absolute Gasteiger partial charge is 0.338 e. The molecule has 0 radical (unpaired) electrons. The zero-order valence-electron chi connectivity index (χ0n) is 13.9. The molecule has 0 aromatic carbocycles. The Hall–Kier alpha value is -0.570. The first-order valence-corrected chi connectivity index (χ1v) is 9.19. The number of nitrogens with zero attached hydrogens (tertiary/aromatic N) is 2. The van der Waals surface area contributed by atoms with Gasteiger partial charge in [-0.15, -0.1) is 0 Å². The summed E-state index contributed by atoms with van der Waals surface area (Å²) in [4.78, 5) is 18.1. The van der Waals surface area contributed by atoms with Gasteiger partial charge in [-0.1, -0.05) is 33.1 Å². The smallest absolute Gasteiger partial charge is 0.243 e. The van der Waals surface area contributed by atoms with Crippen LogP contribution in [0.3, 0.4) is 0 Å². The standard InChI is InChI=1S/C18H32N2O/c1-15(2)14-19-12-7-6-10-18(19)11-13-20(17(18)21)16-8-4-3-5-9-16/h15-16H,3-14H2,1-2H3. The van der Waals surface area contributed by atoms with Crippen LogP contribution in [-0.2, 0) is 4.79 Å². The Labute approximate surface area is 130 Å². The summed E-state index contributed by atoms with van der Waals surface area (Å²) in [5.74, 6) is 1.13. The van der Waals surface area contributed by atoms with E-state index in [9.17, 15) is 4.79 Å². The molecular weight excluding hydrogens is 260 g/mol. The van der Waals surface area contributed by atoms with Crippen molar-refractivity contribution in [3.63, 3.8) is 0 Å². The van der Waals surface area contributed by atoms with E-state index in [0.29, 0.717) is 17.9 Å². The summed E-state index contributed by atoms with van der Waals surface area (Å²) in [7, 11) is 0. The van der Waals surface area contributed by atoms with Gasteiger partial charge in [0.1, 0.15) is 5.54 Å². The van der Waals surface area contributed by atoms with Gasteiger partial charge in [-0.25, -0.2) is 0 Å². The van der Waals surface area contributed by atoms with Gasteiger partial charge < -0.3 is 4.90 Å². The molecule has 1 aliphatic carbocycles. The molecule has 1 unspecified atom stereocenters. The number of piperidine rings is 1. The zero-order chi connectivity index (χ0) is 14.9. The molecule has 1 amide bonds. The molecule has 1 saturated carbocycles. The Kier molecular flexibility index (Phi) is 4.58. The molecule has 3 aliphatic rings. The Balaban J connectivity index is 1.75. The van der Waals surface area contributed by atoms with E-state index in [4.69, 9.17) is 0 Å². The molecular formula is C18H32N2O. The van der Waals surface area contributed by atoms with Crippen LogP contribution in [-0.4, -0.2) is 46.9 Å². The molecule has 0 aromatic rings. The van der Waals surface area contributed by atoms with Gasteiger partial charge >= 0.3 is 0 Å². The van der Waals surface area contributed by atoms with Crippen LogP contribution >= 0.6 is 0 Å². The third kappa shape index (κ3) is 2.86. The highest BCUT2D eigenvalue weighted by molar-refractivity contribution is 5.89. The lowest BCUT2D eigenvalue weighted by molar-refractivity contribution is -0.143. The number of carbonyl (C=O) groups excluding carboxylic acids is 1. The molecule has 2 aliphatic heterocycles. The van der Waals surface area contributed by atoms with Crippen molar-refractivity contribution in [2.24, 2.45) is 5.92 Å². The fourth-order valence-corrected chi connectivity index (χ4v) is 4.85. The molecule has 21 heavy (non-hydrogen) atoms. The Morgan fingerprint density at radius 1 is 1.05 bits per heavy atom. The molecule has 0 bridgehead atoms. The van der Waals surface area contributed by atoms with Crippen LogP contribution in [0.15, 0.2) is 0 Å². The highest BCUT2D eigenvalue weighted by Crippen LogP contribution is 2.40. The maximum absolute atomic E-state index is 13.3. The maximum atomic E-state index is 13.3. The minimum Gasteiger partial charge on any atom is -0.338 e. The lowest BCUT2D eigenvalue weighted by atomic mass is 9.84. The van der Waals surface area contributed by atoms with E-state index in [-0.39, 0.29) is 5.54 Å². The number of amides is 1. The quantitative estimate of drug-likeness (QED) is 0.795. The third-order valence-corrected chi connectivity index (χ3v) is 5.90. The average Bonchev–Trinajstić information content (AvgIpc) is 2.80. The first-order chi connectivity index (χ1) is 10.1. The van der Waals surface area contributed by atoms with Gasteiger partial charge in [0.2, 0.25) is 5.91 Å². The molecule has 2 heterocycles. The summed E-state index contributed by atoms with van der Waals surface area (Å²) >= 11 is 0. The predicted molar refractivity (Wildman–Crippen MR) is 86.2 cm³/mol. The summed E-state index contributed by atoms with van der Waals surface area (Å²) in [5, 5.41) is 0. The van der Waals surface area contributed by atoms with Crippen LogP contribution in [0.25, 0.3) is 0 Å². The first-order valence-electron chi connectivity index (χ1n) is 9.19. The molecule has 0 N–H and O–H groups in total. The molecule has 3 nitrogen and oxygen atoms in total. The van der Waals surface area contributed by atoms with Gasteiger partial charge in [-0.3, -0.25) is 9.69 Å². The minimum atomic E-state index is -0.125. The topological polar surface area (TPSA) is 23.6 Å². The van der Waals surface area contributed by atoms with Gasteiger partial charge in [0.05, 0.1) is 0 Å². The number of rotatable bonds is 3. The van der Waals surface area contributed by atoms with Gasteiger partial charge in [0.15, 0.2) is 0 Å². The summed E-state index contributed by atoms with van der Waals surface area (Å²) in [6.45, 7) is 7.78. The van der Waals surface area contributed by atoms with Crippen molar-refractivity contribution >= 4 is 5.91 Å². The normalized spacial score (nSPS) is 32.5. The van der Waals surface area contributed by atoms with Crippen LogP contribution in [0.2, 0.25) is 0 Å². The minimum absolute atomic E-state index is 0.125. The van der Waals surface area contributed by atoms with E-state index < -0.39 is 0 Å². The van der Waals surface area contributed by atoms with Gasteiger partial charge in [0.25, 0.3) is 0 Å². The fraction of sp³-hybridized carbons (Fsp3) is 0.944. The summed E-state index contributed by atoms with van der Waals surface area (Å²) in [6, 6.07) is 0.549. The van der Waals surface area contributed by atoms with E-state index in [2.05, 4.69) is 23.6 Å². The van der Waals surface area contributed by atoms with Crippen LogP contribution in [0.4, 0.5) is 0 Å². The SMILES string of the molecule is CC(C)CN1CCCCC12CCN(C1CCCCC1)C2=O. The molecule has 0 aromatic heterocycles. The van der Waals surface area contributed by atoms with Gasteiger partial charge in [-0.2, -0.15) is 0 Å². The van der Waals surface area contributed by atoms with E-state index in [1.807, 2.05) is 0 Å². The Morgan fingerprint density at radius 3 is 2.52 bits per heavy atom. The van der Waals surface area contributed by atoms with Crippen LogP contribution in [0.1, 0.15) is 71.6 Å². The van der Waals surface area contributed by atoms with Gasteiger partial charge in [0, 0.05) is 19.1 Å². The monoisotopic (exact) mass is 292 g/mol. The van der Waals surface area contributed by atoms with Crippen molar-refractivity contribution in [2.75, 3.05) is 19.6 Å². The van der Waals surface area contributed by atoms with Crippen molar-refractivity contribution in [2.45, 2.75) is 83.2 Å². The Bertz CT molecular complexity index is 375. The second kappa shape index (κ2) is 6.28. The second-order valence-electron chi connectivity index (χ2n) is 7.87. The molecule has 3 rings (SSSR count). The second-order valence-corrected chi connectivity index (χ2v) is 7.87. The van der Waals surface area contributed by atoms with Crippen molar-refractivity contribution in [1.29, 1.82) is 0 Å². The van der Waals surface area contributed by atoms with Crippen LogP contribution in [0.5, 0.6) is 0 Å². The summed E-state index contributed by atoms with van der Waals surface area (Å²) in [5.41, 5.74) is -0.125. The molecule has 3 fully saturated rings. The number of likely N-dealkylation sites (tertiary alicyclic amines) is 2. The fourth-order valence-electron chi connectivity index (χ4n) is 4.85. The molecule has 3 heteroatoms. The molecule has 1 spiro atoms. The van der Waals surface area contributed by atoms with E-state index in [1.165, 1.54) is 44.9 Å². The highest BCUT2D eigenvalue weighted by Gasteiger charge is 2.52. The average molecular weight is 292 g/mol. The van der Waals surface area contributed by atoms with Crippen LogP contribution in [0, 0.1) is 5.92 Å².